The summed E-state index contributed by atoms with van der Waals surface area (Å²) in [6.07, 6.45) is 4.12. The van der Waals surface area contributed by atoms with Gasteiger partial charge in [-0.25, -0.2) is 0 Å². The molecule has 4 rings (SSSR count). The first-order valence-corrected chi connectivity index (χ1v) is 10.9. The number of rotatable bonds is 8. The van der Waals surface area contributed by atoms with Gasteiger partial charge in [0.2, 0.25) is 0 Å². The molecule has 0 aromatic heterocycles. The molecule has 4 heteroatoms. The molecule has 1 aliphatic carbocycles. The van der Waals surface area contributed by atoms with Crippen LogP contribution >= 0.6 is 0 Å². The number of hydrogen-bond donors (Lipinski definition) is 1. The molecule has 0 atom stereocenters. The van der Waals surface area contributed by atoms with Crippen LogP contribution in [0.1, 0.15) is 42.0 Å². The number of carboxylic acids is 1. The minimum absolute atomic E-state index is 0.188. The van der Waals surface area contributed by atoms with Gasteiger partial charge in [0, 0.05) is 19.6 Å². The first-order valence-electron chi connectivity index (χ1n) is 10.9. The molecule has 0 spiro atoms. The molecule has 1 fully saturated rings. The Morgan fingerprint density at radius 1 is 1.13 bits per heavy atom. The summed E-state index contributed by atoms with van der Waals surface area (Å²) in [6.45, 7) is 7.30. The maximum atomic E-state index is 11.0. The Balaban J connectivity index is 1.31. The van der Waals surface area contributed by atoms with Crippen molar-refractivity contribution in [1.29, 1.82) is 0 Å². The van der Waals surface area contributed by atoms with Gasteiger partial charge in [0.1, 0.15) is 5.75 Å². The van der Waals surface area contributed by atoms with E-state index in [0.717, 1.165) is 44.6 Å². The van der Waals surface area contributed by atoms with Crippen molar-refractivity contribution in [2.75, 3.05) is 26.2 Å². The third-order valence-electron chi connectivity index (χ3n) is 6.39. The minimum atomic E-state index is -0.669. The maximum Gasteiger partial charge on any atom is 0.309 e. The molecule has 158 valence electrons. The van der Waals surface area contributed by atoms with Gasteiger partial charge in [0.05, 0.1) is 12.5 Å². The third kappa shape index (κ3) is 4.76. The fourth-order valence-corrected chi connectivity index (χ4v) is 4.55. The van der Waals surface area contributed by atoms with E-state index < -0.39 is 5.97 Å². The second-order valence-corrected chi connectivity index (χ2v) is 8.72. The highest BCUT2D eigenvalue weighted by Crippen LogP contribution is 2.34. The summed E-state index contributed by atoms with van der Waals surface area (Å²) in [4.78, 5) is 13.3. The number of aryl methyl sites for hydroxylation is 3. The first-order chi connectivity index (χ1) is 14.5. The molecule has 1 aliphatic heterocycles. The molecule has 4 nitrogen and oxygen atoms in total. The van der Waals surface area contributed by atoms with Gasteiger partial charge < -0.3 is 9.84 Å². The molecule has 0 saturated carbocycles. The van der Waals surface area contributed by atoms with E-state index in [0.29, 0.717) is 13.1 Å². The van der Waals surface area contributed by atoms with Crippen molar-refractivity contribution in [3.63, 3.8) is 0 Å². The van der Waals surface area contributed by atoms with E-state index in [2.05, 4.69) is 61.2 Å². The second-order valence-electron chi connectivity index (χ2n) is 8.72. The molecular weight excluding hydrogens is 374 g/mol. The SMILES string of the molecule is CC1=C(CN2CC(C(=O)O)C2)CCc2cc(OCCCc3cccc(C)c3)ccc21. The zero-order valence-corrected chi connectivity index (χ0v) is 18.0. The number of likely N-dealkylation sites (tertiary alicyclic amines) is 1. The van der Waals surface area contributed by atoms with Crippen molar-refractivity contribution in [2.45, 2.75) is 39.5 Å². The van der Waals surface area contributed by atoms with Crippen molar-refractivity contribution in [1.82, 2.24) is 4.90 Å². The van der Waals surface area contributed by atoms with Crippen LogP contribution < -0.4 is 4.74 Å². The summed E-state index contributed by atoms with van der Waals surface area (Å²) in [5.74, 6) is 0.103. The fraction of sp³-hybridized carbons (Fsp3) is 0.423. The normalized spacial score (nSPS) is 16.9. The van der Waals surface area contributed by atoms with Gasteiger partial charge >= 0.3 is 5.97 Å². The van der Waals surface area contributed by atoms with Crippen molar-refractivity contribution in [3.05, 3.63) is 70.3 Å². The topological polar surface area (TPSA) is 49.8 Å². The molecular formula is C26H31NO3. The molecule has 2 aliphatic rings. The largest absolute Gasteiger partial charge is 0.494 e. The van der Waals surface area contributed by atoms with Crippen LogP contribution in [0.2, 0.25) is 0 Å². The molecule has 2 aromatic carbocycles. The van der Waals surface area contributed by atoms with Crippen molar-refractivity contribution in [2.24, 2.45) is 5.92 Å². The van der Waals surface area contributed by atoms with Gasteiger partial charge in [-0.2, -0.15) is 0 Å². The molecule has 1 saturated heterocycles. The quantitative estimate of drug-likeness (QED) is 0.645. The highest BCUT2D eigenvalue weighted by Gasteiger charge is 2.33. The summed E-state index contributed by atoms with van der Waals surface area (Å²) in [5, 5.41) is 9.06. The average molecular weight is 406 g/mol. The van der Waals surface area contributed by atoms with E-state index >= 15 is 0 Å². The zero-order valence-electron chi connectivity index (χ0n) is 18.0. The van der Waals surface area contributed by atoms with Crippen LogP contribution in [0.15, 0.2) is 48.0 Å². The van der Waals surface area contributed by atoms with E-state index in [1.807, 2.05) is 0 Å². The smallest absolute Gasteiger partial charge is 0.309 e. The van der Waals surface area contributed by atoms with Crippen molar-refractivity contribution >= 4 is 11.5 Å². The van der Waals surface area contributed by atoms with Crippen LogP contribution in [0.4, 0.5) is 0 Å². The molecule has 0 bridgehead atoms. The van der Waals surface area contributed by atoms with Crippen LogP contribution in [0.5, 0.6) is 5.75 Å². The van der Waals surface area contributed by atoms with Crippen LogP contribution in [-0.2, 0) is 17.6 Å². The molecule has 0 amide bonds. The lowest BCUT2D eigenvalue weighted by Gasteiger charge is -2.38. The summed E-state index contributed by atoms with van der Waals surface area (Å²) in [7, 11) is 0. The number of aliphatic carboxylic acids is 1. The average Bonchev–Trinajstić information content (AvgIpc) is 2.69. The number of carboxylic acid groups (broad SMARTS) is 1. The van der Waals surface area contributed by atoms with Gasteiger partial charge in [0.15, 0.2) is 0 Å². The van der Waals surface area contributed by atoms with E-state index in [4.69, 9.17) is 9.84 Å². The first kappa shape index (κ1) is 20.7. The number of ether oxygens (including phenoxy) is 1. The van der Waals surface area contributed by atoms with Gasteiger partial charge in [-0.1, -0.05) is 41.5 Å². The fourth-order valence-electron chi connectivity index (χ4n) is 4.55. The third-order valence-corrected chi connectivity index (χ3v) is 6.39. The summed E-state index contributed by atoms with van der Waals surface area (Å²) < 4.78 is 6.03. The number of carbonyl (C=O) groups is 1. The Morgan fingerprint density at radius 2 is 1.97 bits per heavy atom. The predicted molar refractivity (Wildman–Crippen MR) is 120 cm³/mol. The molecule has 0 radical (unpaired) electrons. The van der Waals surface area contributed by atoms with Crippen LogP contribution in [-0.4, -0.2) is 42.2 Å². The molecule has 0 unspecified atom stereocenters. The standard InChI is InChI=1S/C26H31NO3/c1-18-5-3-6-20(13-18)7-4-12-30-24-10-11-25-19(2)22(9-8-21(25)14-24)15-27-16-23(17-27)26(28)29/h3,5-6,10-11,13-14,23H,4,7-9,12,15-17H2,1-2H3,(H,28,29). The summed E-state index contributed by atoms with van der Waals surface area (Å²) >= 11 is 0. The second kappa shape index (κ2) is 9.05. The number of nitrogens with zero attached hydrogens (tertiary/aromatic N) is 1. The lowest BCUT2D eigenvalue weighted by atomic mass is 9.85. The zero-order chi connectivity index (χ0) is 21.1. The Labute approximate surface area is 179 Å². The highest BCUT2D eigenvalue weighted by atomic mass is 16.5. The Bertz CT molecular complexity index is 957. The van der Waals surface area contributed by atoms with E-state index in [1.165, 1.54) is 33.4 Å². The summed E-state index contributed by atoms with van der Waals surface area (Å²) in [5.41, 5.74) is 8.15. The Morgan fingerprint density at radius 3 is 2.73 bits per heavy atom. The number of benzene rings is 2. The Hall–Kier alpha value is -2.59. The monoisotopic (exact) mass is 405 g/mol. The molecule has 1 N–H and O–H groups in total. The maximum absolute atomic E-state index is 11.0. The lowest BCUT2D eigenvalue weighted by Crippen LogP contribution is -2.50. The molecule has 30 heavy (non-hydrogen) atoms. The van der Waals surface area contributed by atoms with Crippen LogP contribution in [0.3, 0.4) is 0 Å². The van der Waals surface area contributed by atoms with Crippen molar-refractivity contribution < 1.29 is 14.6 Å². The van der Waals surface area contributed by atoms with Gasteiger partial charge in [-0.3, -0.25) is 9.69 Å². The highest BCUT2D eigenvalue weighted by molar-refractivity contribution is 5.73. The molecule has 2 aromatic rings. The lowest BCUT2D eigenvalue weighted by molar-refractivity contribution is -0.147. The van der Waals surface area contributed by atoms with Gasteiger partial charge in [-0.05, 0) is 73.9 Å². The van der Waals surface area contributed by atoms with Gasteiger partial charge in [-0.15, -0.1) is 0 Å². The Kier molecular flexibility index (Phi) is 6.24. The van der Waals surface area contributed by atoms with Crippen LogP contribution in [0.25, 0.3) is 5.57 Å². The van der Waals surface area contributed by atoms with E-state index in [9.17, 15) is 4.79 Å². The summed E-state index contributed by atoms with van der Waals surface area (Å²) in [6, 6.07) is 15.1. The number of allylic oxidation sites excluding steroid dienone is 1. The molecule has 1 heterocycles. The predicted octanol–water partition coefficient (Wildman–Crippen LogP) is 4.74. The van der Waals surface area contributed by atoms with E-state index in [1.54, 1.807) is 0 Å². The number of fused-ring (bicyclic) bond motifs is 1. The van der Waals surface area contributed by atoms with Crippen LogP contribution in [0, 0.1) is 12.8 Å². The minimum Gasteiger partial charge on any atom is -0.494 e. The van der Waals surface area contributed by atoms with E-state index in [-0.39, 0.29) is 5.92 Å². The van der Waals surface area contributed by atoms with Gasteiger partial charge in [0.25, 0.3) is 0 Å². The number of hydrogen-bond acceptors (Lipinski definition) is 3. The van der Waals surface area contributed by atoms with Crippen molar-refractivity contribution in [3.8, 4) is 5.75 Å².